The Labute approximate surface area is 162 Å². The Bertz CT molecular complexity index is 779. The van der Waals surface area contributed by atoms with Gasteiger partial charge in [-0.25, -0.2) is 0 Å². The molecule has 2 aromatic rings. The third-order valence-corrected chi connectivity index (χ3v) is 5.63. The van der Waals surface area contributed by atoms with Gasteiger partial charge in [-0.05, 0) is 37.1 Å². The molecular formula is C16H17F3N4O2S2. The summed E-state index contributed by atoms with van der Waals surface area (Å²) in [7, 11) is 1.46. The van der Waals surface area contributed by atoms with Crippen LogP contribution in [0.5, 0.6) is 5.75 Å². The molecule has 3 rings (SSSR count). The number of anilines is 2. The van der Waals surface area contributed by atoms with Crippen molar-refractivity contribution in [2.45, 2.75) is 29.4 Å². The third kappa shape index (κ3) is 5.99. The van der Waals surface area contributed by atoms with E-state index in [0.717, 1.165) is 29.5 Å². The van der Waals surface area contributed by atoms with Gasteiger partial charge in [-0.15, -0.1) is 10.2 Å². The van der Waals surface area contributed by atoms with Gasteiger partial charge in [0.15, 0.2) is 4.34 Å². The average molecular weight is 418 g/mol. The summed E-state index contributed by atoms with van der Waals surface area (Å²) >= 11 is 2.36. The molecule has 1 N–H and O–H groups in total. The summed E-state index contributed by atoms with van der Waals surface area (Å²) in [6.45, 7) is -1.36. The molecule has 0 unspecified atom stereocenters. The number of alkyl halides is 3. The second-order valence-corrected chi connectivity index (χ2v) is 8.07. The SMILES string of the molecule is COc1ccc(N(CC(F)(F)F)C(=O)CSc2nnc(NC3CC3)s2)cc1. The number of methoxy groups -OCH3 is 1. The van der Waals surface area contributed by atoms with Crippen molar-refractivity contribution in [2.75, 3.05) is 29.6 Å². The minimum Gasteiger partial charge on any atom is -0.497 e. The maximum atomic E-state index is 12.9. The number of amides is 1. The fourth-order valence-corrected chi connectivity index (χ4v) is 3.90. The maximum absolute atomic E-state index is 12.9. The summed E-state index contributed by atoms with van der Waals surface area (Å²) in [4.78, 5) is 13.2. The summed E-state index contributed by atoms with van der Waals surface area (Å²) < 4.78 is 44.3. The molecule has 27 heavy (non-hydrogen) atoms. The number of nitrogens with one attached hydrogen (secondary N) is 1. The van der Waals surface area contributed by atoms with Crippen molar-refractivity contribution in [3.05, 3.63) is 24.3 Å². The van der Waals surface area contributed by atoms with Crippen LogP contribution in [-0.2, 0) is 4.79 Å². The number of benzene rings is 1. The second-order valence-electron chi connectivity index (χ2n) is 5.87. The minimum absolute atomic E-state index is 0.159. The zero-order chi connectivity index (χ0) is 19.4. The fourth-order valence-electron chi connectivity index (χ4n) is 2.20. The molecule has 0 bridgehead atoms. The fraction of sp³-hybridized carbons (Fsp3) is 0.438. The normalized spacial score (nSPS) is 14.1. The molecule has 1 aliphatic rings. The van der Waals surface area contributed by atoms with E-state index in [-0.39, 0.29) is 11.4 Å². The predicted octanol–water partition coefficient (Wildman–Crippen LogP) is 3.81. The number of aromatic nitrogens is 2. The molecule has 146 valence electrons. The van der Waals surface area contributed by atoms with Gasteiger partial charge in [0.1, 0.15) is 12.3 Å². The number of ether oxygens (including phenoxy) is 1. The molecule has 0 aliphatic heterocycles. The number of carbonyl (C=O) groups is 1. The van der Waals surface area contributed by atoms with Crippen molar-refractivity contribution < 1.29 is 22.7 Å². The Morgan fingerprint density at radius 1 is 1.33 bits per heavy atom. The van der Waals surface area contributed by atoms with E-state index in [9.17, 15) is 18.0 Å². The molecule has 1 amide bonds. The summed E-state index contributed by atoms with van der Waals surface area (Å²) in [6, 6.07) is 6.31. The van der Waals surface area contributed by atoms with Crippen LogP contribution in [0.1, 0.15) is 12.8 Å². The molecule has 1 saturated carbocycles. The Kier molecular flexibility index (Phi) is 6.10. The lowest BCUT2D eigenvalue weighted by Crippen LogP contribution is -2.40. The van der Waals surface area contributed by atoms with Gasteiger partial charge in [0.2, 0.25) is 11.0 Å². The largest absolute Gasteiger partial charge is 0.497 e. The molecule has 0 atom stereocenters. The van der Waals surface area contributed by atoms with E-state index < -0.39 is 18.6 Å². The van der Waals surface area contributed by atoms with Crippen LogP contribution >= 0.6 is 23.1 Å². The van der Waals surface area contributed by atoms with Crippen LogP contribution in [0.4, 0.5) is 24.0 Å². The van der Waals surface area contributed by atoms with Crippen LogP contribution in [0, 0.1) is 0 Å². The number of carbonyl (C=O) groups excluding carboxylic acids is 1. The van der Waals surface area contributed by atoms with Crippen LogP contribution < -0.4 is 15.0 Å². The van der Waals surface area contributed by atoms with Gasteiger partial charge in [-0.2, -0.15) is 13.2 Å². The molecule has 1 aliphatic carbocycles. The Hall–Kier alpha value is -2.01. The van der Waals surface area contributed by atoms with Gasteiger partial charge < -0.3 is 15.0 Å². The molecule has 0 spiro atoms. The highest BCUT2D eigenvalue weighted by Crippen LogP contribution is 2.31. The molecule has 1 aromatic heterocycles. The van der Waals surface area contributed by atoms with E-state index in [1.165, 1.54) is 42.7 Å². The van der Waals surface area contributed by atoms with Gasteiger partial charge in [-0.1, -0.05) is 23.1 Å². The first-order valence-corrected chi connectivity index (χ1v) is 9.88. The third-order valence-electron chi connectivity index (χ3n) is 3.65. The quantitative estimate of drug-likeness (QED) is 0.658. The molecule has 0 saturated heterocycles. The molecular weight excluding hydrogens is 401 g/mol. The first-order valence-electron chi connectivity index (χ1n) is 8.08. The number of hydrogen-bond donors (Lipinski definition) is 1. The first kappa shape index (κ1) is 19.7. The maximum Gasteiger partial charge on any atom is 0.406 e. The molecule has 11 heteroatoms. The average Bonchev–Trinajstić information content (AvgIpc) is 3.33. The topological polar surface area (TPSA) is 67.3 Å². The number of rotatable bonds is 8. The monoisotopic (exact) mass is 418 g/mol. The lowest BCUT2D eigenvalue weighted by Gasteiger charge is -2.24. The summed E-state index contributed by atoms with van der Waals surface area (Å²) in [6.07, 6.45) is -2.33. The summed E-state index contributed by atoms with van der Waals surface area (Å²) in [5, 5.41) is 11.8. The minimum atomic E-state index is -4.51. The zero-order valence-electron chi connectivity index (χ0n) is 14.3. The summed E-state index contributed by atoms with van der Waals surface area (Å²) in [5.41, 5.74) is 0.159. The Morgan fingerprint density at radius 2 is 2.04 bits per heavy atom. The van der Waals surface area contributed by atoms with E-state index >= 15 is 0 Å². The second kappa shape index (κ2) is 8.34. The highest BCUT2D eigenvalue weighted by Gasteiger charge is 2.34. The van der Waals surface area contributed by atoms with Crippen molar-refractivity contribution in [1.82, 2.24) is 10.2 Å². The summed E-state index contributed by atoms with van der Waals surface area (Å²) in [5.74, 6) is -0.327. The smallest absolute Gasteiger partial charge is 0.406 e. The van der Waals surface area contributed by atoms with E-state index in [1.807, 2.05) is 0 Å². The van der Waals surface area contributed by atoms with Gasteiger partial charge in [0.05, 0.1) is 12.9 Å². The van der Waals surface area contributed by atoms with E-state index in [0.29, 0.717) is 21.3 Å². The van der Waals surface area contributed by atoms with Crippen LogP contribution in [0.25, 0.3) is 0 Å². The van der Waals surface area contributed by atoms with Gasteiger partial charge in [-0.3, -0.25) is 4.79 Å². The van der Waals surface area contributed by atoms with Crippen LogP contribution in [-0.4, -0.2) is 47.7 Å². The highest BCUT2D eigenvalue weighted by atomic mass is 32.2. The molecule has 6 nitrogen and oxygen atoms in total. The predicted molar refractivity (Wildman–Crippen MR) is 98.7 cm³/mol. The van der Waals surface area contributed by atoms with Crippen molar-refractivity contribution in [3.8, 4) is 5.75 Å². The molecule has 1 fully saturated rings. The van der Waals surface area contributed by atoms with Crippen molar-refractivity contribution in [1.29, 1.82) is 0 Å². The standard InChI is InChI=1S/C16H17F3N4O2S2/c1-25-12-6-4-11(5-7-12)23(9-16(17,18)19)13(24)8-26-15-22-21-14(27-15)20-10-2-3-10/h4-7,10H,2-3,8-9H2,1H3,(H,20,21). The van der Waals surface area contributed by atoms with Gasteiger partial charge in [0, 0.05) is 11.7 Å². The van der Waals surface area contributed by atoms with Crippen molar-refractivity contribution >= 4 is 39.8 Å². The number of hydrogen-bond acceptors (Lipinski definition) is 7. The van der Waals surface area contributed by atoms with Crippen LogP contribution in [0.15, 0.2) is 28.6 Å². The van der Waals surface area contributed by atoms with E-state index in [2.05, 4.69) is 15.5 Å². The molecule has 1 aromatic carbocycles. The van der Waals surface area contributed by atoms with E-state index in [1.54, 1.807) is 0 Å². The Morgan fingerprint density at radius 3 is 2.63 bits per heavy atom. The number of halogens is 3. The van der Waals surface area contributed by atoms with E-state index in [4.69, 9.17) is 4.74 Å². The number of nitrogens with zero attached hydrogens (tertiary/aromatic N) is 3. The van der Waals surface area contributed by atoms with Crippen molar-refractivity contribution in [3.63, 3.8) is 0 Å². The van der Waals surface area contributed by atoms with Crippen LogP contribution in [0.3, 0.4) is 0 Å². The van der Waals surface area contributed by atoms with Crippen LogP contribution in [0.2, 0.25) is 0 Å². The first-order chi connectivity index (χ1) is 12.8. The van der Waals surface area contributed by atoms with Gasteiger partial charge >= 0.3 is 6.18 Å². The molecule has 0 radical (unpaired) electrons. The lowest BCUT2D eigenvalue weighted by molar-refractivity contribution is -0.131. The zero-order valence-corrected chi connectivity index (χ0v) is 16.0. The lowest BCUT2D eigenvalue weighted by atomic mass is 10.2. The Balaban J connectivity index is 1.65. The van der Waals surface area contributed by atoms with Crippen molar-refractivity contribution in [2.24, 2.45) is 0 Å². The van der Waals surface area contributed by atoms with Gasteiger partial charge in [0.25, 0.3) is 0 Å². The number of thioether (sulfide) groups is 1. The molecule has 1 heterocycles. The highest BCUT2D eigenvalue weighted by molar-refractivity contribution is 8.01.